The van der Waals surface area contributed by atoms with E-state index in [1.807, 2.05) is 0 Å². The number of carbonyl (C=O) groups excluding carboxylic acids is 2. The summed E-state index contributed by atoms with van der Waals surface area (Å²) in [5.41, 5.74) is 0. The molecule has 0 aliphatic heterocycles. The molecule has 260 valence electrons. The van der Waals surface area contributed by atoms with Crippen LogP contribution in [0.15, 0.2) is 36.5 Å². The number of ether oxygens (including phenoxy) is 1. The van der Waals surface area contributed by atoms with Crippen molar-refractivity contribution in [2.24, 2.45) is 0 Å². The fraction of sp³-hybridized carbons (Fsp3) is 0.727. The van der Waals surface area contributed by atoms with Gasteiger partial charge >= 0.3 is 19.8 Å². The van der Waals surface area contributed by atoms with Gasteiger partial charge in [0, 0.05) is 12.8 Å². The van der Waals surface area contributed by atoms with E-state index in [0.717, 1.165) is 83.5 Å². The summed E-state index contributed by atoms with van der Waals surface area (Å²) in [7, 11) is -4.74. The third-order valence-electron chi connectivity index (χ3n) is 6.69. The van der Waals surface area contributed by atoms with E-state index in [2.05, 4.69) is 60.1 Å². The maximum absolute atomic E-state index is 12.2. The first-order valence-electron chi connectivity index (χ1n) is 16.5. The van der Waals surface area contributed by atoms with E-state index < -0.39 is 57.6 Å². The van der Waals surface area contributed by atoms with Gasteiger partial charge in [-0.1, -0.05) is 102 Å². The molecule has 45 heavy (non-hydrogen) atoms. The van der Waals surface area contributed by atoms with Crippen LogP contribution in [0.4, 0.5) is 0 Å². The highest BCUT2D eigenvalue weighted by molar-refractivity contribution is 7.47. The van der Waals surface area contributed by atoms with Crippen LogP contribution >= 0.6 is 7.82 Å². The SMILES string of the molecule is CC/C=C\C/C=C\C/C=C\CCCCCCCCCC(=O)NC(COP(=O)(O)OCC(O)COC(=O)CCCCCC)C(=O)O. The second-order valence-corrected chi connectivity index (χ2v) is 12.4. The lowest BCUT2D eigenvalue weighted by Crippen LogP contribution is -2.43. The third-order valence-corrected chi connectivity index (χ3v) is 7.64. The van der Waals surface area contributed by atoms with Gasteiger partial charge in [0.25, 0.3) is 0 Å². The predicted molar refractivity (Wildman–Crippen MR) is 176 cm³/mol. The van der Waals surface area contributed by atoms with Crippen LogP contribution in [0.2, 0.25) is 0 Å². The molecule has 3 unspecified atom stereocenters. The summed E-state index contributed by atoms with van der Waals surface area (Å²) in [5, 5.41) is 21.5. The number of aliphatic carboxylic acids is 1. The van der Waals surface area contributed by atoms with E-state index in [1.165, 1.54) is 0 Å². The number of esters is 1. The molecule has 0 bridgehead atoms. The zero-order chi connectivity index (χ0) is 33.6. The number of aliphatic hydroxyl groups is 1. The Morgan fingerprint density at radius 1 is 0.733 bits per heavy atom. The number of phosphoric acid groups is 1. The number of hydrogen-bond acceptors (Lipinski definition) is 8. The number of aliphatic hydroxyl groups excluding tert-OH is 1. The Morgan fingerprint density at radius 3 is 1.93 bits per heavy atom. The molecule has 0 radical (unpaired) electrons. The van der Waals surface area contributed by atoms with Crippen LogP contribution in [0, 0.1) is 0 Å². The topological polar surface area (TPSA) is 169 Å². The van der Waals surface area contributed by atoms with Crippen molar-refractivity contribution in [3.63, 3.8) is 0 Å². The molecule has 0 heterocycles. The minimum Gasteiger partial charge on any atom is -0.480 e. The molecule has 0 aliphatic carbocycles. The Morgan fingerprint density at radius 2 is 1.29 bits per heavy atom. The van der Waals surface area contributed by atoms with Crippen LogP contribution in [-0.2, 0) is 32.7 Å². The van der Waals surface area contributed by atoms with Crippen molar-refractivity contribution in [1.29, 1.82) is 0 Å². The fourth-order valence-corrected chi connectivity index (χ4v) is 4.86. The molecule has 0 aliphatic rings. The summed E-state index contributed by atoms with van der Waals surface area (Å²) in [5.74, 6) is -2.41. The number of nitrogens with one attached hydrogen (secondary N) is 1. The van der Waals surface area contributed by atoms with Crippen molar-refractivity contribution < 1.29 is 47.8 Å². The number of hydrogen-bond donors (Lipinski definition) is 4. The van der Waals surface area contributed by atoms with Gasteiger partial charge in [0.05, 0.1) is 13.2 Å². The number of phosphoric ester groups is 1. The lowest BCUT2D eigenvalue weighted by Gasteiger charge is -2.18. The van der Waals surface area contributed by atoms with E-state index in [-0.39, 0.29) is 12.8 Å². The molecule has 0 saturated carbocycles. The highest BCUT2D eigenvalue weighted by Gasteiger charge is 2.28. The first kappa shape index (κ1) is 42.7. The Bertz CT molecular complexity index is 921. The van der Waals surface area contributed by atoms with Crippen molar-refractivity contribution in [3.8, 4) is 0 Å². The summed E-state index contributed by atoms with van der Waals surface area (Å²) < 4.78 is 26.4. The standard InChI is InChI=1S/C33H58NO10P/c1-3-5-7-9-10-11-12-13-14-15-16-17-18-19-20-21-22-24-31(36)34-30(33(38)39)28-44-45(40,41)43-27-29(35)26-42-32(37)25-23-8-6-4-2/h5,7,10-11,13-14,29-30,35H,3-4,6,8-9,12,15-28H2,1-2H3,(H,34,36)(H,38,39)(H,40,41)/b7-5-,11-10-,14-13-. The van der Waals surface area contributed by atoms with Crippen molar-refractivity contribution >= 4 is 25.7 Å². The zero-order valence-electron chi connectivity index (χ0n) is 27.4. The van der Waals surface area contributed by atoms with Crippen LogP contribution in [-0.4, -0.2) is 64.9 Å². The average molecular weight is 660 g/mol. The molecule has 1 amide bonds. The Labute approximate surface area is 270 Å². The second-order valence-electron chi connectivity index (χ2n) is 11.0. The minimum atomic E-state index is -4.74. The van der Waals surface area contributed by atoms with E-state index in [0.29, 0.717) is 12.8 Å². The fourth-order valence-electron chi connectivity index (χ4n) is 4.09. The first-order valence-corrected chi connectivity index (χ1v) is 18.0. The average Bonchev–Trinajstić information content (AvgIpc) is 3.00. The largest absolute Gasteiger partial charge is 0.480 e. The van der Waals surface area contributed by atoms with Gasteiger partial charge in [-0.2, -0.15) is 0 Å². The van der Waals surface area contributed by atoms with E-state index >= 15 is 0 Å². The number of rotatable bonds is 30. The first-order chi connectivity index (χ1) is 21.6. The molecule has 4 N–H and O–H groups in total. The van der Waals surface area contributed by atoms with Gasteiger partial charge < -0.3 is 25.2 Å². The van der Waals surface area contributed by atoms with Gasteiger partial charge in [-0.25, -0.2) is 9.36 Å². The quantitative estimate of drug-likeness (QED) is 0.0274. The lowest BCUT2D eigenvalue weighted by molar-refractivity contribution is -0.147. The predicted octanol–water partition coefficient (Wildman–Crippen LogP) is 6.93. The van der Waals surface area contributed by atoms with Crippen LogP contribution in [0.3, 0.4) is 0 Å². The van der Waals surface area contributed by atoms with Gasteiger partial charge in [-0.3, -0.25) is 18.6 Å². The van der Waals surface area contributed by atoms with Gasteiger partial charge in [-0.05, 0) is 44.9 Å². The molecular formula is C33H58NO10P. The van der Waals surface area contributed by atoms with Crippen LogP contribution < -0.4 is 5.32 Å². The van der Waals surface area contributed by atoms with E-state index in [1.54, 1.807) is 0 Å². The summed E-state index contributed by atoms with van der Waals surface area (Å²) in [4.78, 5) is 45.2. The lowest BCUT2D eigenvalue weighted by atomic mass is 10.1. The molecule has 0 spiro atoms. The minimum absolute atomic E-state index is 0.134. The number of amides is 1. The smallest absolute Gasteiger partial charge is 0.472 e. The van der Waals surface area contributed by atoms with Gasteiger partial charge in [0.1, 0.15) is 12.7 Å². The molecule has 0 aromatic rings. The van der Waals surface area contributed by atoms with Crippen LogP contribution in [0.5, 0.6) is 0 Å². The molecule has 0 fully saturated rings. The summed E-state index contributed by atoms with van der Waals surface area (Å²) in [6.45, 7) is 2.28. The summed E-state index contributed by atoms with van der Waals surface area (Å²) in [6.07, 6.45) is 26.8. The number of allylic oxidation sites excluding steroid dienone is 6. The molecule has 0 saturated heterocycles. The maximum atomic E-state index is 12.2. The van der Waals surface area contributed by atoms with Gasteiger partial charge in [0.15, 0.2) is 6.04 Å². The molecule has 0 aromatic heterocycles. The van der Waals surface area contributed by atoms with Crippen molar-refractivity contribution in [3.05, 3.63) is 36.5 Å². The van der Waals surface area contributed by atoms with Gasteiger partial charge in [-0.15, -0.1) is 0 Å². The molecule has 0 aromatic carbocycles. The Balaban J connectivity index is 4.01. The van der Waals surface area contributed by atoms with Crippen molar-refractivity contribution in [1.82, 2.24) is 5.32 Å². The number of unbranched alkanes of at least 4 members (excludes halogenated alkanes) is 10. The van der Waals surface area contributed by atoms with Crippen LogP contribution in [0.1, 0.15) is 123 Å². The second kappa shape index (κ2) is 29.1. The normalized spacial score (nSPS) is 14.6. The number of carboxylic acid groups (broad SMARTS) is 1. The van der Waals surface area contributed by atoms with Crippen molar-refractivity contribution in [2.75, 3.05) is 19.8 Å². The summed E-state index contributed by atoms with van der Waals surface area (Å²) in [6, 6.07) is -1.55. The molecular weight excluding hydrogens is 601 g/mol. The van der Waals surface area contributed by atoms with Gasteiger partial charge in [0.2, 0.25) is 5.91 Å². The molecule has 3 atom stereocenters. The molecule has 12 heteroatoms. The monoisotopic (exact) mass is 659 g/mol. The zero-order valence-corrected chi connectivity index (χ0v) is 28.3. The van der Waals surface area contributed by atoms with E-state index in [4.69, 9.17) is 9.26 Å². The maximum Gasteiger partial charge on any atom is 0.472 e. The highest BCUT2D eigenvalue weighted by Crippen LogP contribution is 2.43. The number of carbonyl (C=O) groups is 3. The summed E-state index contributed by atoms with van der Waals surface area (Å²) >= 11 is 0. The Hall–Kier alpha value is -2.30. The van der Waals surface area contributed by atoms with Crippen molar-refractivity contribution in [2.45, 2.75) is 135 Å². The molecule has 11 nitrogen and oxygen atoms in total. The van der Waals surface area contributed by atoms with E-state index in [9.17, 15) is 34.1 Å². The number of carboxylic acids is 1. The third kappa shape index (κ3) is 28.9. The Kier molecular flexibility index (Phi) is 27.6. The highest BCUT2D eigenvalue weighted by atomic mass is 31.2. The van der Waals surface area contributed by atoms with Crippen LogP contribution in [0.25, 0.3) is 0 Å². The molecule has 0 rings (SSSR count).